The minimum absolute atomic E-state index is 0.226. The highest BCUT2D eigenvalue weighted by Gasteiger charge is 2.15. The molecule has 0 aliphatic carbocycles. The van der Waals surface area contributed by atoms with Gasteiger partial charge in [0.2, 0.25) is 0 Å². The van der Waals surface area contributed by atoms with Crippen molar-refractivity contribution in [3.8, 4) is 0 Å². The van der Waals surface area contributed by atoms with Crippen LogP contribution in [0.4, 0.5) is 4.39 Å². The quantitative estimate of drug-likeness (QED) is 0.791. The van der Waals surface area contributed by atoms with Gasteiger partial charge in [0.25, 0.3) is 0 Å². The van der Waals surface area contributed by atoms with Crippen LogP contribution in [0.1, 0.15) is 32.3 Å². The van der Waals surface area contributed by atoms with Crippen molar-refractivity contribution in [2.24, 2.45) is 5.92 Å². The number of benzene rings is 1. The van der Waals surface area contributed by atoms with Crippen molar-refractivity contribution in [1.82, 2.24) is 0 Å². The van der Waals surface area contributed by atoms with Crippen molar-refractivity contribution in [3.05, 3.63) is 35.6 Å². The van der Waals surface area contributed by atoms with Crippen molar-refractivity contribution in [2.45, 2.75) is 39.2 Å². The monoisotopic (exact) mass is 210 g/mol. The molecule has 0 amide bonds. The van der Waals surface area contributed by atoms with E-state index < -0.39 is 0 Å². The molecule has 1 atom stereocenters. The number of aliphatic hydroxyl groups excluding tert-OH is 1. The summed E-state index contributed by atoms with van der Waals surface area (Å²) < 4.78 is 12.7. The second-order valence-corrected chi connectivity index (χ2v) is 3.97. The summed E-state index contributed by atoms with van der Waals surface area (Å²) in [5, 5.41) is 9.94. The first-order valence-electron chi connectivity index (χ1n) is 5.59. The maximum atomic E-state index is 12.7. The van der Waals surface area contributed by atoms with Crippen LogP contribution in [0.2, 0.25) is 0 Å². The molecule has 1 nitrogen and oxygen atoms in total. The summed E-state index contributed by atoms with van der Waals surface area (Å²) in [6.07, 6.45) is 2.27. The topological polar surface area (TPSA) is 20.2 Å². The van der Waals surface area contributed by atoms with Crippen molar-refractivity contribution in [1.29, 1.82) is 0 Å². The molecule has 1 unspecified atom stereocenters. The Morgan fingerprint density at radius 1 is 1.13 bits per heavy atom. The van der Waals surface area contributed by atoms with Gasteiger partial charge in [0.15, 0.2) is 0 Å². The molecule has 0 saturated carbocycles. The fourth-order valence-corrected chi connectivity index (χ4v) is 1.86. The summed E-state index contributed by atoms with van der Waals surface area (Å²) >= 11 is 0. The van der Waals surface area contributed by atoms with Crippen LogP contribution in [0, 0.1) is 11.7 Å². The third kappa shape index (κ3) is 3.63. The Labute approximate surface area is 90.9 Å². The van der Waals surface area contributed by atoms with Crippen LogP contribution in [0.5, 0.6) is 0 Å². The first-order chi connectivity index (χ1) is 7.17. The van der Waals surface area contributed by atoms with E-state index in [0.717, 1.165) is 18.4 Å². The maximum absolute atomic E-state index is 12.7. The molecule has 1 N–H and O–H groups in total. The van der Waals surface area contributed by atoms with Gasteiger partial charge in [-0.05, 0) is 30.0 Å². The van der Waals surface area contributed by atoms with Gasteiger partial charge < -0.3 is 5.11 Å². The number of hydrogen-bond donors (Lipinski definition) is 1. The predicted octanol–water partition coefficient (Wildman–Crippen LogP) is 3.17. The van der Waals surface area contributed by atoms with Crippen molar-refractivity contribution >= 4 is 0 Å². The molecular weight excluding hydrogens is 191 g/mol. The summed E-state index contributed by atoms with van der Waals surface area (Å²) in [6.45, 7) is 4.17. The fraction of sp³-hybridized carbons (Fsp3) is 0.538. The number of halogens is 1. The van der Waals surface area contributed by atoms with E-state index in [4.69, 9.17) is 0 Å². The maximum Gasteiger partial charge on any atom is 0.123 e. The zero-order valence-corrected chi connectivity index (χ0v) is 9.41. The SMILES string of the molecule is CCC(CC)C(O)Cc1ccc(F)cc1. The molecule has 1 aromatic rings. The van der Waals surface area contributed by atoms with Gasteiger partial charge in [0, 0.05) is 0 Å². The minimum atomic E-state index is -0.314. The summed E-state index contributed by atoms with van der Waals surface area (Å²) in [7, 11) is 0. The molecule has 0 aromatic heterocycles. The van der Waals surface area contributed by atoms with Gasteiger partial charge in [-0.1, -0.05) is 38.8 Å². The van der Waals surface area contributed by atoms with Crippen LogP contribution in [0.15, 0.2) is 24.3 Å². The molecule has 1 aromatic carbocycles. The highest BCUT2D eigenvalue weighted by Crippen LogP contribution is 2.17. The van der Waals surface area contributed by atoms with E-state index in [0.29, 0.717) is 12.3 Å². The number of hydrogen-bond acceptors (Lipinski definition) is 1. The van der Waals surface area contributed by atoms with Gasteiger partial charge in [-0.15, -0.1) is 0 Å². The van der Waals surface area contributed by atoms with Crippen LogP contribution < -0.4 is 0 Å². The lowest BCUT2D eigenvalue weighted by molar-refractivity contribution is 0.103. The van der Waals surface area contributed by atoms with E-state index in [-0.39, 0.29) is 11.9 Å². The highest BCUT2D eigenvalue weighted by atomic mass is 19.1. The molecule has 0 aliphatic heterocycles. The Morgan fingerprint density at radius 3 is 2.13 bits per heavy atom. The Morgan fingerprint density at radius 2 is 1.67 bits per heavy atom. The van der Waals surface area contributed by atoms with Crippen molar-refractivity contribution in [2.75, 3.05) is 0 Å². The molecule has 1 rings (SSSR count). The molecule has 2 heteroatoms. The fourth-order valence-electron chi connectivity index (χ4n) is 1.86. The van der Waals surface area contributed by atoms with E-state index >= 15 is 0 Å². The van der Waals surface area contributed by atoms with Crippen LogP contribution in [-0.4, -0.2) is 11.2 Å². The molecule has 0 saturated heterocycles. The second-order valence-electron chi connectivity index (χ2n) is 3.97. The molecule has 0 aliphatic rings. The first kappa shape index (κ1) is 12.2. The molecule has 15 heavy (non-hydrogen) atoms. The standard InChI is InChI=1S/C13H19FO/c1-3-11(4-2)13(15)9-10-5-7-12(14)8-6-10/h5-8,11,13,15H,3-4,9H2,1-2H3. The zero-order chi connectivity index (χ0) is 11.3. The van der Waals surface area contributed by atoms with Crippen LogP contribution >= 0.6 is 0 Å². The Kier molecular flexibility index (Phi) is 4.76. The van der Waals surface area contributed by atoms with Crippen molar-refractivity contribution < 1.29 is 9.50 Å². The number of aliphatic hydroxyl groups is 1. The summed E-state index contributed by atoms with van der Waals surface area (Å²) in [6, 6.07) is 6.35. The average Bonchev–Trinajstić information content (AvgIpc) is 2.23. The number of rotatable bonds is 5. The average molecular weight is 210 g/mol. The van der Waals surface area contributed by atoms with Gasteiger partial charge in [-0.3, -0.25) is 0 Å². The summed E-state index contributed by atoms with van der Waals surface area (Å²) in [5.41, 5.74) is 0.996. The molecule has 84 valence electrons. The summed E-state index contributed by atoms with van der Waals surface area (Å²) in [4.78, 5) is 0. The van der Waals surface area contributed by atoms with E-state index in [1.807, 2.05) is 0 Å². The molecule has 0 bridgehead atoms. The Bertz CT molecular complexity index is 277. The second kappa shape index (κ2) is 5.86. The predicted molar refractivity (Wildman–Crippen MR) is 60.2 cm³/mol. The highest BCUT2D eigenvalue weighted by molar-refractivity contribution is 5.16. The van der Waals surface area contributed by atoms with E-state index in [1.54, 1.807) is 12.1 Å². The molecule has 0 spiro atoms. The molecule has 0 radical (unpaired) electrons. The minimum Gasteiger partial charge on any atom is -0.392 e. The Balaban J connectivity index is 2.57. The zero-order valence-electron chi connectivity index (χ0n) is 9.41. The van der Waals surface area contributed by atoms with Gasteiger partial charge >= 0.3 is 0 Å². The van der Waals surface area contributed by atoms with Crippen LogP contribution in [-0.2, 0) is 6.42 Å². The summed E-state index contributed by atoms with van der Waals surface area (Å²) in [5.74, 6) is 0.117. The van der Waals surface area contributed by atoms with Gasteiger partial charge in [-0.2, -0.15) is 0 Å². The van der Waals surface area contributed by atoms with E-state index in [9.17, 15) is 9.50 Å². The lowest BCUT2D eigenvalue weighted by Crippen LogP contribution is -2.21. The van der Waals surface area contributed by atoms with Crippen molar-refractivity contribution in [3.63, 3.8) is 0 Å². The lowest BCUT2D eigenvalue weighted by atomic mass is 9.92. The van der Waals surface area contributed by atoms with E-state index in [1.165, 1.54) is 12.1 Å². The van der Waals surface area contributed by atoms with Gasteiger partial charge in [0.1, 0.15) is 5.82 Å². The molecular formula is C13H19FO. The first-order valence-corrected chi connectivity index (χ1v) is 5.59. The lowest BCUT2D eigenvalue weighted by Gasteiger charge is -2.19. The smallest absolute Gasteiger partial charge is 0.123 e. The third-order valence-corrected chi connectivity index (χ3v) is 2.95. The molecule has 0 heterocycles. The third-order valence-electron chi connectivity index (χ3n) is 2.95. The Hall–Kier alpha value is -0.890. The van der Waals surface area contributed by atoms with Crippen LogP contribution in [0.25, 0.3) is 0 Å². The van der Waals surface area contributed by atoms with Crippen LogP contribution in [0.3, 0.4) is 0 Å². The molecule has 0 fully saturated rings. The van der Waals surface area contributed by atoms with Gasteiger partial charge in [-0.25, -0.2) is 4.39 Å². The largest absolute Gasteiger partial charge is 0.392 e. The normalized spacial score (nSPS) is 13.1. The van der Waals surface area contributed by atoms with E-state index in [2.05, 4.69) is 13.8 Å². The van der Waals surface area contributed by atoms with Gasteiger partial charge in [0.05, 0.1) is 6.10 Å².